The minimum absolute atomic E-state index is 1.09. The summed E-state index contributed by atoms with van der Waals surface area (Å²) in [4.78, 5) is 4.45. The van der Waals surface area contributed by atoms with E-state index >= 15 is 0 Å². The average molecular weight is 205 g/mol. The number of hydrogen-bond acceptors (Lipinski definition) is 1. The van der Waals surface area contributed by atoms with E-state index in [2.05, 4.69) is 37.0 Å². The van der Waals surface area contributed by atoms with E-state index in [9.17, 15) is 0 Å². The molecule has 0 fully saturated rings. The molecule has 0 aliphatic heterocycles. The molecule has 0 heterocycles. The first-order valence-electron chi connectivity index (χ1n) is 5.75. The summed E-state index contributed by atoms with van der Waals surface area (Å²) in [5.74, 6) is 0. The van der Waals surface area contributed by atoms with Crippen LogP contribution in [0.5, 0.6) is 0 Å². The zero-order chi connectivity index (χ0) is 11.8. The molecule has 84 valence electrons. The first kappa shape index (κ1) is 13.9. The Balaban J connectivity index is 0.000000921. The zero-order valence-corrected chi connectivity index (χ0v) is 10.9. The Morgan fingerprint density at radius 3 is 2.20 bits per heavy atom. The normalized spacial score (nSPS) is 8.93. The molecule has 0 aromatic heterocycles. The number of rotatable bonds is 2. The van der Waals surface area contributed by atoms with Crippen LogP contribution in [0.4, 0.5) is 5.69 Å². The Kier molecular flexibility index (Phi) is 6.68. The van der Waals surface area contributed by atoms with E-state index < -0.39 is 0 Å². The van der Waals surface area contributed by atoms with Gasteiger partial charge in [0.25, 0.3) is 0 Å². The zero-order valence-electron chi connectivity index (χ0n) is 10.9. The molecule has 0 atom stereocenters. The summed E-state index contributed by atoms with van der Waals surface area (Å²) < 4.78 is 0. The van der Waals surface area contributed by atoms with E-state index in [1.807, 2.05) is 27.7 Å². The highest BCUT2D eigenvalue weighted by Gasteiger charge is 1.96. The standard InChI is InChI=1S/C12H17N.C2H6/c1-5-11-6-7-12(10(4)8-11)13-9(2)3;1-2/h6-8H,5H2,1-4H3;1-2H3. The summed E-state index contributed by atoms with van der Waals surface area (Å²) in [7, 11) is 0. The van der Waals surface area contributed by atoms with Crippen LogP contribution in [-0.2, 0) is 6.42 Å². The molecule has 0 bridgehead atoms. The summed E-state index contributed by atoms with van der Waals surface area (Å²) in [6.45, 7) is 12.3. The second kappa shape index (κ2) is 7.22. The summed E-state index contributed by atoms with van der Waals surface area (Å²) in [5, 5.41) is 0. The molecule has 0 saturated carbocycles. The molecule has 1 heteroatoms. The van der Waals surface area contributed by atoms with Crippen LogP contribution >= 0.6 is 0 Å². The molecule has 0 unspecified atom stereocenters. The molecule has 15 heavy (non-hydrogen) atoms. The predicted octanol–water partition coefficient (Wildman–Crippen LogP) is 4.70. The topological polar surface area (TPSA) is 12.4 Å². The molecule has 0 aliphatic rings. The van der Waals surface area contributed by atoms with Crippen LogP contribution in [0.1, 0.15) is 45.7 Å². The van der Waals surface area contributed by atoms with E-state index in [1.54, 1.807) is 0 Å². The summed E-state index contributed by atoms with van der Waals surface area (Å²) >= 11 is 0. The fourth-order valence-corrected chi connectivity index (χ4v) is 1.30. The van der Waals surface area contributed by atoms with Gasteiger partial charge in [0.05, 0.1) is 5.69 Å². The third-order valence-corrected chi connectivity index (χ3v) is 2.01. The van der Waals surface area contributed by atoms with Gasteiger partial charge < -0.3 is 0 Å². The van der Waals surface area contributed by atoms with Gasteiger partial charge in [-0.1, -0.05) is 32.9 Å². The molecule has 0 aliphatic carbocycles. The first-order chi connectivity index (χ1) is 7.13. The highest BCUT2D eigenvalue weighted by Crippen LogP contribution is 2.20. The van der Waals surface area contributed by atoms with Crippen molar-refractivity contribution < 1.29 is 0 Å². The SMILES string of the molecule is CC.CCc1ccc(N=C(C)C)c(C)c1. The Labute approximate surface area is 94.3 Å². The van der Waals surface area contributed by atoms with E-state index in [1.165, 1.54) is 11.1 Å². The Hall–Kier alpha value is -1.11. The van der Waals surface area contributed by atoms with Gasteiger partial charge in [-0.25, -0.2) is 0 Å². The molecule has 1 aromatic carbocycles. The van der Waals surface area contributed by atoms with E-state index in [-0.39, 0.29) is 0 Å². The van der Waals surface area contributed by atoms with E-state index in [4.69, 9.17) is 0 Å². The van der Waals surface area contributed by atoms with Gasteiger partial charge in [0.2, 0.25) is 0 Å². The lowest BCUT2D eigenvalue weighted by Crippen LogP contribution is -1.84. The van der Waals surface area contributed by atoms with Gasteiger partial charge in [0, 0.05) is 5.71 Å². The summed E-state index contributed by atoms with van der Waals surface area (Å²) in [5.41, 5.74) is 4.84. The van der Waals surface area contributed by atoms with Crippen LogP contribution in [0.15, 0.2) is 23.2 Å². The molecule has 0 N–H and O–H groups in total. The Morgan fingerprint density at radius 1 is 1.20 bits per heavy atom. The second-order valence-corrected chi connectivity index (χ2v) is 3.53. The van der Waals surface area contributed by atoms with Crippen molar-refractivity contribution in [2.24, 2.45) is 4.99 Å². The van der Waals surface area contributed by atoms with E-state index in [0.29, 0.717) is 0 Å². The fourth-order valence-electron chi connectivity index (χ4n) is 1.30. The van der Waals surface area contributed by atoms with Crippen molar-refractivity contribution in [2.45, 2.75) is 48.0 Å². The Morgan fingerprint density at radius 2 is 1.80 bits per heavy atom. The smallest absolute Gasteiger partial charge is 0.0658 e. The number of hydrogen-bond donors (Lipinski definition) is 0. The number of aryl methyl sites for hydroxylation is 2. The molecular formula is C14H23N. The number of nitrogens with zero attached hydrogens (tertiary/aromatic N) is 1. The maximum absolute atomic E-state index is 4.45. The molecule has 1 nitrogen and oxygen atoms in total. The van der Waals surface area contributed by atoms with E-state index in [0.717, 1.165) is 17.8 Å². The third kappa shape index (κ3) is 4.78. The van der Waals surface area contributed by atoms with Gasteiger partial charge >= 0.3 is 0 Å². The lowest BCUT2D eigenvalue weighted by molar-refractivity contribution is 1.13. The Bertz CT molecular complexity index is 320. The lowest BCUT2D eigenvalue weighted by Gasteiger charge is -2.03. The highest BCUT2D eigenvalue weighted by molar-refractivity contribution is 5.82. The van der Waals surface area contributed by atoms with Crippen molar-refractivity contribution in [3.8, 4) is 0 Å². The molecule has 0 radical (unpaired) electrons. The summed E-state index contributed by atoms with van der Waals surface area (Å²) in [6.07, 6.45) is 1.09. The minimum Gasteiger partial charge on any atom is -0.258 e. The number of benzene rings is 1. The van der Waals surface area contributed by atoms with Crippen molar-refractivity contribution in [1.82, 2.24) is 0 Å². The average Bonchev–Trinajstić information content (AvgIpc) is 2.23. The van der Waals surface area contributed by atoms with Gasteiger partial charge in [0.1, 0.15) is 0 Å². The van der Waals surface area contributed by atoms with Crippen LogP contribution in [0, 0.1) is 6.92 Å². The fraction of sp³-hybridized carbons (Fsp3) is 0.500. The molecule has 0 saturated heterocycles. The van der Waals surface area contributed by atoms with Crippen LogP contribution in [0.2, 0.25) is 0 Å². The van der Waals surface area contributed by atoms with Gasteiger partial charge in [-0.05, 0) is 44.4 Å². The van der Waals surface area contributed by atoms with Gasteiger partial charge in [-0.15, -0.1) is 0 Å². The lowest BCUT2D eigenvalue weighted by atomic mass is 10.1. The first-order valence-corrected chi connectivity index (χ1v) is 5.75. The second-order valence-electron chi connectivity index (χ2n) is 3.53. The van der Waals surface area contributed by atoms with Gasteiger partial charge in [0.15, 0.2) is 0 Å². The quantitative estimate of drug-likeness (QED) is 0.621. The van der Waals surface area contributed by atoms with Crippen molar-refractivity contribution in [2.75, 3.05) is 0 Å². The van der Waals surface area contributed by atoms with Crippen molar-refractivity contribution >= 4 is 11.4 Å². The van der Waals surface area contributed by atoms with Crippen molar-refractivity contribution in [3.05, 3.63) is 29.3 Å². The van der Waals surface area contributed by atoms with Crippen molar-refractivity contribution in [1.29, 1.82) is 0 Å². The highest BCUT2D eigenvalue weighted by atomic mass is 14.7. The predicted molar refractivity (Wildman–Crippen MR) is 70.3 cm³/mol. The molecule has 1 aromatic rings. The van der Waals surface area contributed by atoms with Crippen LogP contribution in [0.25, 0.3) is 0 Å². The van der Waals surface area contributed by atoms with Gasteiger partial charge in [-0.3, -0.25) is 4.99 Å². The molecular weight excluding hydrogens is 182 g/mol. The molecule has 0 spiro atoms. The third-order valence-electron chi connectivity index (χ3n) is 2.01. The van der Waals surface area contributed by atoms with Gasteiger partial charge in [-0.2, -0.15) is 0 Å². The van der Waals surface area contributed by atoms with Crippen LogP contribution in [0.3, 0.4) is 0 Å². The van der Waals surface area contributed by atoms with Crippen LogP contribution < -0.4 is 0 Å². The number of aliphatic imine (C=N–C) groups is 1. The molecule has 1 rings (SSSR count). The minimum atomic E-state index is 1.09. The summed E-state index contributed by atoms with van der Waals surface area (Å²) in [6, 6.07) is 6.46. The largest absolute Gasteiger partial charge is 0.258 e. The maximum Gasteiger partial charge on any atom is 0.0658 e. The maximum atomic E-state index is 4.45. The monoisotopic (exact) mass is 205 g/mol. The van der Waals surface area contributed by atoms with Crippen LogP contribution in [-0.4, -0.2) is 5.71 Å². The molecule has 0 amide bonds. The van der Waals surface area contributed by atoms with Crippen molar-refractivity contribution in [3.63, 3.8) is 0 Å².